The second kappa shape index (κ2) is 15.2. The van der Waals surface area contributed by atoms with E-state index in [1.165, 1.54) is 77.0 Å². The Morgan fingerprint density at radius 1 is 0.903 bits per heavy atom. The largest absolute Gasteiger partial charge is 0.451 e. The van der Waals surface area contributed by atoms with E-state index in [2.05, 4.69) is 13.8 Å². The van der Waals surface area contributed by atoms with Gasteiger partial charge in [0.2, 0.25) is 0 Å². The smallest absolute Gasteiger partial charge is 0.309 e. The fraction of sp³-hybridized carbons (Fsp3) is 0.962. The molecule has 1 atom stereocenters. The maximum Gasteiger partial charge on any atom is 0.309 e. The van der Waals surface area contributed by atoms with Crippen molar-refractivity contribution >= 4 is 5.97 Å². The van der Waals surface area contributed by atoms with Gasteiger partial charge < -0.3 is 19.3 Å². The minimum atomic E-state index is -1.09. The minimum Gasteiger partial charge on any atom is -0.451 e. The lowest BCUT2D eigenvalue weighted by Crippen LogP contribution is -2.56. The summed E-state index contributed by atoms with van der Waals surface area (Å²) < 4.78 is 17.1. The molecule has 0 aliphatic carbocycles. The molecule has 0 aromatic rings. The zero-order valence-electron chi connectivity index (χ0n) is 21.0. The molecule has 0 aromatic heterocycles. The highest BCUT2D eigenvalue weighted by Gasteiger charge is 2.43. The van der Waals surface area contributed by atoms with Gasteiger partial charge in [0.15, 0.2) is 11.4 Å². The molecule has 1 aliphatic rings. The fourth-order valence-electron chi connectivity index (χ4n) is 4.24. The van der Waals surface area contributed by atoms with Gasteiger partial charge in [-0.3, -0.25) is 4.79 Å². The monoisotopic (exact) mass is 442 g/mol. The number of carbonyl (C=O) groups excluding carboxylic acids is 1. The number of carbonyl (C=O) groups is 1. The first-order valence-electron chi connectivity index (χ1n) is 12.9. The Kier molecular flexibility index (Phi) is 13.9. The van der Waals surface area contributed by atoms with E-state index in [0.29, 0.717) is 5.92 Å². The molecule has 1 N–H and O–H groups in total. The molecule has 1 fully saturated rings. The maximum atomic E-state index is 12.9. The number of unbranched alkanes of at least 4 members (excludes halogenated alkanes) is 8. The molecule has 1 heterocycles. The zero-order chi connectivity index (χ0) is 23.2. The summed E-state index contributed by atoms with van der Waals surface area (Å²) in [6.07, 6.45) is 16.1. The molecule has 184 valence electrons. The molecule has 31 heavy (non-hydrogen) atoms. The molecule has 5 heteroatoms. The molecule has 1 unspecified atom stereocenters. The van der Waals surface area contributed by atoms with Crippen molar-refractivity contribution in [3.63, 3.8) is 0 Å². The molecule has 0 radical (unpaired) electrons. The Morgan fingerprint density at radius 3 is 1.84 bits per heavy atom. The van der Waals surface area contributed by atoms with Crippen LogP contribution < -0.4 is 0 Å². The van der Waals surface area contributed by atoms with E-state index in [4.69, 9.17) is 14.2 Å². The van der Waals surface area contributed by atoms with Crippen molar-refractivity contribution in [2.75, 3.05) is 19.8 Å². The van der Waals surface area contributed by atoms with Crippen LogP contribution in [0, 0.1) is 11.8 Å². The van der Waals surface area contributed by atoms with Crippen LogP contribution in [0.3, 0.4) is 0 Å². The number of rotatable bonds is 17. The molecule has 0 saturated carbocycles. The van der Waals surface area contributed by atoms with Crippen LogP contribution >= 0.6 is 0 Å². The maximum absolute atomic E-state index is 12.9. The summed E-state index contributed by atoms with van der Waals surface area (Å²) in [7, 11) is 0. The van der Waals surface area contributed by atoms with Crippen molar-refractivity contribution < 1.29 is 24.1 Å². The molecule has 0 aromatic carbocycles. The van der Waals surface area contributed by atoms with Gasteiger partial charge in [-0.15, -0.1) is 0 Å². The lowest BCUT2D eigenvalue weighted by molar-refractivity contribution is -0.310. The van der Waals surface area contributed by atoms with Crippen LogP contribution in [0.4, 0.5) is 0 Å². The van der Waals surface area contributed by atoms with Gasteiger partial charge in [-0.25, -0.2) is 0 Å². The third-order valence-electron chi connectivity index (χ3n) is 6.49. The van der Waals surface area contributed by atoms with Crippen molar-refractivity contribution in [1.82, 2.24) is 0 Å². The van der Waals surface area contributed by atoms with Gasteiger partial charge in [-0.1, -0.05) is 97.8 Å². The number of esters is 1. The number of ether oxygens (including phenoxy) is 3. The Labute approximate surface area is 191 Å². The highest BCUT2D eigenvalue weighted by Crippen LogP contribution is 2.30. The van der Waals surface area contributed by atoms with E-state index < -0.39 is 11.4 Å². The lowest BCUT2D eigenvalue weighted by Gasteiger charge is -2.42. The lowest BCUT2D eigenvalue weighted by atomic mass is 9.86. The molecule has 1 aliphatic heterocycles. The van der Waals surface area contributed by atoms with E-state index in [1.807, 2.05) is 20.8 Å². The first kappa shape index (κ1) is 28.4. The molecular weight excluding hydrogens is 392 g/mol. The van der Waals surface area contributed by atoms with Crippen molar-refractivity contribution in [2.24, 2.45) is 11.8 Å². The summed E-state index contributed by atoms with van der Waals surface area (Å²) in [5.74, 6) is -0.580. The van der Waals surface area contributed by atoms with Crippen molar-refractivity contribution in [3.05, 3.63) is 0 Å². The van der Waals surface area contributed by atoms with Gasteiger partial charge in [0.05, 0.1) is 25.7 Å². The zero-order valence-corrected chi connectivity index (χ0v) is 21.0. The average Bonchev–Trinajstić information content (AvgIpc) is 2.74. The van der Waals surface area contributed by atoms with Crippen molar-refractivity contribution in [1.29, 1.82) is 0 Å². The Balaban J connectivity index is 2.54. The predicted molar refractivity (Wildman–Crippen MR) is 126 cm³/mol. The highest BCUT2D eigenvalue weighted by atomic mass is 16.7. The van der Waals surface area contributed by atoms with Crippen molar-refractivity contribution in [2.45, 2.75) is 129 Å². The Morgan fingerprint density at radius 2 is 1.39 bits per heavy atom. The van der Waals surface area contributed by atoms with E-state index >= 15 is 0 Å². The molecular formula is C26H50O5. The van der Waals surface area contributed by atoms with Gasteiger partial charge in [0.25, 0.3) is 0 Å². The normalized spacial score (nSPS) is 18.8. The van der Waals surface area contributed by atoms with E-state index in [0.717, 1.165) is 6.42 Å². The molecule has 1 saturated heterocycles. The molecule has 1 rings (SSSR count). The molecule has 0 bridgehead atoms. The molecule has 0 amide bonds. The topological polar surface area (TPSA) is 65.0 Å². The number of hydrogen-bond donors (Lipinski definition) is 1. The van der Waals surface area contributed by atoms with Gasteiger partial charge in [-0.2, -0.15) is 0 Å². The van der Waals surface area contributed by atoms with Gasteiger partial charge in [-0.05, 0) is 26.2 Å². The first-order chi connectivity index (χ1) is 14.8. The third kappa shape index (κ3) is 11.7. The average molecular weight is 443 g/mol. The number of hydrogen-bond acceptors (Lipinski definition) is 5. The predicted octanol–water partition coefficient (Wildman–Crippen LogP) is 6.41. The summed E-state index contributed by atoms with van der Waals surface area (Å²) in [6, 6.07) is 0. The summed E-state index contributed by atoms with van der Waals surface area (Å²) in [4.78, 5) is 12.9. The van der Waals surface area contributed by atoms with Crippen LogP contribution in [0.25, 0.3) is 0 Å². The highest BCUT2D eigenvalue weighted by molar-refractivity contribution is 5.72. The molecule has 5 nitrogen and oxygen atoms in total. The van der Waals surface area contributed by atoms with Crippen LogP contribution in [-0.4, -0.2) is 42.3 Å². The van der Waals surface area contributed by atoms with E-state index in [9.17, 15) is 9.90 Å². The fourth-order valence-corrected chi connectivity index (χ4v) is 4.24. The summed E-state index contributed by atoms with van der Waals surface area (Å²) >= 11 is 0. The van der Waals surface area contributed by atoms with Crippen LogP contribution in [-0.2, 0) is 19.0 Å². The second-order valence-corrected chi connectivity index (χ2v) is 10.1. The molecule has 0 spiro atoms. The summed E-state index contributed by atoms with van der Waals surface area (Å²) in [5.41, 5.74) is -1.09. The SMILES string of the molecule is CCCCCCCC(CCCCCCC)CC(C)C(=O)OC1(CO)COC(C)(C)OC1. The van der Waals surface area contributed by atoms with Crippen LogP contribution in [0.15, 0.2) is 0 Å². The van der Waals surface area contributed by atoms with E-state index in [1.54, 1.807) is 0 Å². The Bertz CT molecular complexity index is 452. The van der Waals surface area contributed by atoms with Crippen LogP contribution in [0.2, 0.25) is 0 Å². The second-order valence-electron chi connectivity index (χ2n) is 10.1. The van der Waals surface area contributed by atoms with E-state index in [-0.39, 0.29) is 31.7 Å². The summed E-state index contributed by atoms with van der Waals surface area (Å²) in [6.45, 7) is 10.1. The van der Waals surface area contributed by atoms with Gasteiger partial charge >= 0.3 is 5.97 Å². The number of aliphatic hydroxyl groups is 1. The Hall–Kier alpha value is -0.650. The van der Waals surface area contributed by atoms with Crippen LogP contribution in [0.1, 0.15) is 118 Å². The van der Waals surface area contributed by atoms with Gasteiger partial charge in [0, 0.05) is 0 Å². The minimum absolute atomic E-state index is 0.160. The third-order valence-corrected chi connectivity index (χ3v) is 6.49. The quantitative estimate of drug-likeness (QED) is 0.208. The number of aliphatic hydroxyl groups excluding tert-OH is 1. The van der Waals surface area contributed by atoms with Crippen molar-refractivity contribution in [3.8, 4) is 0 Å². The first-order valence-corrected chi connectivity index (χ1v) is 12.9. The standard InChI is InChI=1S/C26H50O5/c1-6-8-10-12-14-16-23(17-15-13-11-9-7-2)18-22(3)24(28)31-26(19-27)20-29-25(4,5)30-21-26/h22-23,27H,6-21H2,1-5H3. The summed E-state index contributed by atoms with van der Waals surface area (Å²) in [5, 5.41) is 9.86. The van der Waals surface area contributed by atoms with Crippen LogP contribution in [0.5, 0.6) is 0 Å². The van der Waals surface area contributed by atoms with Gasteiger partial charge in [0.1, 0.15) is 0 Å².